The largest absolute Gasteiger partial charge is 0.463 e. The first kappa shape index (κ1) is 11.6. The maximum atomic E-state index is 11.5. The van der Waals surface area contributed by atoms with Gasteiger partial charge in [0.1, 0.15) is 11.5 Å². The minimum atomic E-state index is -0.262. The predicted octanol–water partition coefficient (Wildman–Crippen LogP) is 0.912. The molecule has 0 atom stereocenters. The van der Waals surface area contributed by atoms with Crippen LogP contribution in [0.5, 0.6) is 0 Å². The zero-order valence-corrected chi connectivity index (χ0v) is 9.93. The van der Waals surface area contributed by atoms with Crippen molar-refractivity contribution in [2.24, 2.45) is 0 Å². The van der Waals surface area contributed by atoms with Crippen molar-refractivity contribution >= 4 is 0 Å². The van der Waals surface area contributed by atoms with Crippen molar-refractivity contribution in [3.63, 3.8) is 0 Å². The highest BCUT2D eigenvalue weighted by Crippen LogP contribution is 2.08. The minimum Gasteiger partial charge on any atom is -0.463 e. The Morgan fingerprint density at radius 2 is 2.18 bits per heavy atom. The van der Waals surface area contributed by atoms with Crippen LogP contribution in [0.4, 0.5) is 0 Å². The van der Waals surface area contributed by atoms with Crippen molar-refractivity contribution in [2.75, 3.05) is 7.05 Å². The lowest BCUT2D eigenvalue weighted by atomic mass is 10.4. The van der Waals surface area contributed by atoms with Gasteiger partial charge in [-0.05, 0) is 31.7 Å². The zero-order valence-electron chi connectivity index (χ0n) is 9.93. The lowest BCUT2D eigenvalue weighted by Crippen LogP contribution is -2.22. The van der Waals surface area contributed by atoms with Gasteiger partial charge in [0, 0.05) is 12.4 Å². The van der Waals surface area contributed by atoms with E-state index in [9.17, 15) is 4.79 Å². The van der Waals surface area contributed by atoms with Crippen molar-refractivity contribution < 1.29 is 4.42 Å². The Morgan fingerprint density at radius 1 is 1.41 bits per heavy atom. The Kier molecular flexibility index (Phi) is 3.39. The molecule has 2 aromatic rings. The Bertz CT molecular complexity index is 557. The van der Waals surface area contributed by atoms with Crippen LogP contribution in [0.3, 0.4) is 0 Å². The van der Waals surface area contributed by atoms with E-state index in [1.165, 1.54) is 4.57 Å². The molecule has 0 fully saturated rings. The fourth-order valence-corrected chi connectivity index (χ4v) is 1.62. The van der Waals surface area contributed by atoms with Gasteiger partial charge in [0.15, 0.2) is 0 Å². The normalized spacial score (nSPS) is 10.7. The van der Waals surface area contributed by atoms with Crippen LogP contribution < -0.4 is 11.0 Å². The highest BCUT2D eigenvalue weighted by molar-refractivity contribution is 5.08. The smallest absolute Gasteiger partial charge is 0.347 e. The molecule has 0 aromatic carbocycles. The Balaban J connectivity index is 2.19. The predicted molar refractivity (Wildman–Crippen MR) is 63.8 cm³/mol. The van der Waals surface area contributed by atoms with E-state index in [1.807, 2.05) is 26.1 Å². The quantitative estimate of drug-likeness (QED) is 0.852. The van der Waals surface area contributed by atoms with Crippen LogP contribution in [0.1, 0.15) is 17.1 Å². The topological polar surface area (TPSA) is 60.1 Å². The van der Waals surface area contributed by atoms with Gasteiger partial charge in [-0.2, -0.15) is 0 Å². The van der Waals surface area contributed by atoms with Crippen LogP contribution in [0.15, 0.2) is 33.7 Å². The first-order valence-corrected chi connectivity index (χ1v) is 5.44. The summed E-state index contributed by atoms with van der Waals surface area (Å²) >= 11 is 0. The molecular formula is C12H15N3O2. The van der Waals surface area contributed by atoms with Crippen LogP contribution >= 0.6 is 0 Å². The van der Waals surface area contributed by atoms with E-state index in [1.54, 1.807) is 12.4 Å². The molecule has 1 N–H and O–H groups in total. The van der Waals surface area contributed by atoms with E-state index >= 15 is 0 Å². The number of aryl methyl sites for hydroxylation is 1. The maximum absolute atomic E-state index is 11.5. The summed E-state index contributed by atoms with van der Waals surface area (Å²) in [5, 5.41) is 3.01. The molecule has 0 aliphatic rings. The van der Waals surface area contributed by atoms with Crippen LogP contribution in [-0.2, 0) is 13.1 Å². The fourth-order valence-electron chi connectivity index (χ4n) is 1.62. The number of hydrogen-bond donors (Lipinski definition) is 1. The monoisotopic (exact) mass is 233 g/mol. The number of hydrogen-bond acceptors (Lipinski definition) is 4. The van der Waals surface area contributed by atoms with Gasteiger partial charge in [0.05, 0.1) is 13.1 Å². The summed E-state index contributed by atoms with van der Waals surface area (Å²) in [7, 11) is 1.86. The molecule has 0 spiro atoms. The molecule has 0 aliphatic heterocycles. The molecule has 2 heterocycles. The van der Waals surface area contributed by atoms with Crippen LogP contribution in [0.2, 0.25) is 0 Å². The van der Waals surface area contributed by atoms with Crippen molar-refractivity contribution in [3.8, 4) is 0 Å². The number of nitrogens with zero attached hydrogens (tertiary/aromatic N) is 2. The number of furan rings is 1. The van der Waals surface area contributed by atoms with Crippen LogP contribution in [0.25, 0.3) is 0 Å². The second-order valence-corrected chi connectivity index (χ2v) is 3.94. The van der Waals surface area contributed by atoms with Gasteiger partial charge < -0.3 is 9.73 Å². The molecule has 0 bridgehead atoms. The summed E-state index contributed by atoms with van der Waals surface area (Å²) in [6.07, 6.45) is 3.34. The molecule has 0 radical (unpaired) electrons. The summed E-state index contributed by atoms with van der Waals surface area (Å²) < 4.78 is 7.11. The Hall–Kier alpha value is -1.88. The second kappa shape index (κ2) is 4.97. The summed E-state index contributed by atoms with van der Waals surface area (Å²) in [5.41, 5.74) is 0.689. The molecule has 0 saturated heterocycles. The number of rotatable bonds is 4. The molecule has 17 heavy (non-hydrogen) atoms. The van der Waals surface area contributed by atoms with Gasteiger partial charge in [-0.3, -0.25) is 4.57 Å². The highest BCUT2D eigenvalue weighted by atomic mass is 16.3. The number of nitrogens with one attached hydrogen (secondary N) is 1. The van der Waals surface area contributed by atoms with E-state index in [-0.39, 0.29) is 5.69 Å². The fraction of sp³-hybridized carbons (Fsp3) is 0.333. The third-order valence-corrected chi connectivity index (χ3v) is 2.38. The average Bonchev–Trinajstić information content (AvgIpc) is 2.72. The lowest BCUT2D eigenvalue weighted by molar-refractivity contribution is 0.440. The molecule has 0 unspecified atom stereocenters. The van der Waals surface area contributed by atoms with Gasteiger partial charge in [0.2, 0.25) is 0 Å². The molecule has 5 nitrogen and oxygen atoms in total. The minimum absolute atomic E-state index is 0.262. The standard InChI is InChI=1S/C12H15N3O2/c1-9-5-14-12(16)15(7-9)8-11-4-3-10(17-11)6-13-2/h3-5,7,13H,6,8H2,1-2H3. The SMILES string of the molecule is CNCc1ccc(Cn2cc(C)cnc2=O)o1. The van der Waals surface area contributed by atoms with Gasteiger partial charge in [0.25, 0.3) is 0 Å². The van der Waals surface area contributed by atoms with Crippen molar-refractivity contribution in [1.29, 1.82) is 0 Å². The first-order valence-electron chi connectivity index (χ1n) is 5.44. The van der Waals surface area contributed by atoms with Crippen molar-refractivity contribution in [3.05, 3.63) is 52.1 Å². The van der Waals surface area contributed by atoms with E-state index in [2.05, 4.69) is 10.3 Å². The first-order chi connectivity index (χ1) is 8.19. The van der Waals surface area contributed by atoms with E-state index < -0.39 is 0 Å². The maximum Gasteiger partial charge on any atom is 0.347 e. The molecule has 2 rings (SSSR count). The van der Waals surface area contributed by atoms with E-state index in [0.717, 1.165) is 17.1 Å². The van der Waals surface area contributed by atoms with E-state index in [0.29, 0.717) is 13.1 Å². The molecule has 90 valence electrons. The van der Waals surface area contributed by atoms with Crippen molar-refractivity contribution in [2.45, 2.75) is 20.0 Å². The molecule has 0 aliphatic carbocycles. The molecule has 0 saturated carbocycles. The molecule has 2 aromatic heterocycles. The third kappa shape index (κ3) is 2.82. The van der Waals surface area contributed by atoms with Crippen molar-refractivity contribution in [1.82, 2.24) is 14.9 Å². The van der Waals surface area contributed by atoms with Gasteiger partial charge in [-0.25, -0.2) is 9.78 Å². The Morgan fingerprint density at radius 3 is 2.94 bits per heavy atom. The summed E-state index contributed by atoms with van der Waals surface area (Å²) in [6, 6.07) is 3.78. The summed E-state index contributed by atoms with van der Waals surface area (Å²) in [4.78, 5) is 15.3. The molecular weight excluding hydrogens is 218 g/mol. The van der Waals surface area contributed by atoms with E-state index in [4.69, 9.17) is 4.42 Å². The lowest BCUT2D eigenvalue weighted by Gasteiger charge is -2.03. The Labute approximate surface area is 99.1 Å². The summed E-state index contributed by atoms with van der Waals surface area (Å²) in [6.45, 7) is 3.00. The molecule has 0 amide bonds. The third-order valence-electron chi connectivity index (χ3n) is 2.38. The second-order valence-electron chi connectivity index (χ2n) is 3.94. The zero-order chi connectivity index (χ0) is 12.3. The average molecular weight is 233 g/mol. The highest BCUT2D eigenvalue weighted by Gasteiger charge is 2.04. The van der Waals surface area contributed by atoms with Gasteiger partial charge >= 0.3 is 5.69 Å². The number of aromatic nitrogens is 2. The summed E-state index contributed by atoms with van der Waals surface area (Å²) in [5.74, 6) is 1.61. The van der Waals surface area contributed by atoms with Crippen LogP contribution in [-0.4, -0.2) is 16.6 Å². The molecule has 5 heteroatoms. The van der Waals surface area contributed by atoms with Gasteiger partial charge in [-0.15, -0.1) is 0 Å². The van der Waals surface area contributed by atoms with Gasteiger partial charge in [-0.1, -0.05) is 0 Å². The van der Waals surface area contributed by atoms with Crippen LogP contribution in [0, 0.1) is 6.92 Å².